The van der Waals surface area contributed by atoms with E-state index in [0.29, 0.717) is 11.7 Å². The van der Waals surface area contributed by atoms with Crippen molar-refractivity contribution in [2.24, 2.45) is 5.41 Å². The van der Waals surface area contributed by atoms with Crippen molar-refractivity contribution in [1.82, 2.24) is 9.97 Å². The normalized spacial score (nSPS) is 11.9. The molecule has 90 valence electrons. The first kappa shape index (κ1) is 12.7. The zero-order valence-electron chi connectivity index (χ0n) is 10.8. The third-order valence-corrected chi connectivity index (χ3v) is 2.28. The van der Waals surface area contributed by atoms with Gasteiger partial charge in [-0.1, -0.05) is 34.6 Å². The highest BCUT2D eigenvalue weighted by molar-refractivity contribution is 5.56. The number of nitrogens with two attached hydrogens (primary N) is 1. The SMILES string of the molecule is CC(C)c1c(N)ncnc1NCC(C)(C)C. The molecule has 0 aliphatic heterocycles. The lowest BCUT2D eigenvalue weighted by Gasteiger charge is -2.21. The van der Waals surface area contributed by atoms with Crippen molar-refractivity contribution in [1.29, 1.82) is 0 Å². The predicted octanol–water partition coefficient (Wildman–Crippen LogP) is 2.64. The minimum Gasteiger partial charge on any atom is -0.383 e. The van der Waals surface area contributed by atoms with Crippen molar-refractivity contribution in [3.8, 4) is 0 Å². The Morgan fingerprint density at radius 1 is 1.31 bits per heavy atom. The maximum absolute atomic E-state index is 5.87. The van der Waals surface area contributed by atoms with Crippen LogP contribution in [0, 0.1) is 5.41 Å². The summed E-state index contributed by atoms with van der Waals surface area (Å²) in [6, 6.07) is 0. The van der Waals surface area contributed by atoms with Gasteiger partial charge in [0.25, 0.3) is 0 Å². The van der Waals surface area contributed by atoms with E-state index in [1.165, 1.54) is 6.33 Å². The minimum absolute atomic E-state index is 0.216. The Morgan fingerprint density at radius 3 is 2.44 bits per heavy atom. The molecule has 0 saturated carbocycles. The van der Waals surface area contributed by atoms with E-state index < -0.39 is 0 Å². The molecule has 0 atom stereocenters. The third kappa shape index (κ3) is 3.36. The molecule has 1 rings (SSSR count). The van der Waals surface area contributed by atoms with Crippen molar-refractivity contribution < 1.29 is 0 Å². The van der Waals surface area contributed by atoms with Gasteiger partial charge in [0.2, 0.25) is 0 Å². The molecule has 4 heteroatoms. The molecule has 0 unspecified atom stereocenters. The number of nitrogen functional groups attached to an aromatic ring is 1. The lowest BCUT2D eigenvalue weighted by molar-refractivity contribution is 0.442. The largest absolute Gasteiger partial charge is 0.383 e. The van der Waals surface area contributed by atoms with Crippen molar-refractivity contribution in [2.75, 3.05) is 17.6 Å². The molecule has 0 aliphatic rings. The highest BCUT2D eigenvalue weighted by atomic mass is 15.0. The summed E-state index contributed by atoms with van der Waals surface area (Å²) in [7, 11) is 0. The fourth-order valence-electron chi connectivity index (χ4n) is 1.47. The van der Waals surface area contributed by atoms with Crippen LogP contribution in [-0.2, 0) is 0 Å². The number of hydrogen-bond donors (Lipinski definition) is 2. The first-order chi connectivity index (χ1) is 7.31. The van der Waals surface area contributed by atoms with Gasteiger partial charge in [-0.15, -0.1) is 0 Å². The number of nitrogens with one attached hydrogen (secondary N) is 1. The summed E-state index contributed by atoms with van der Waals surface area (Å²) >= 11 is 0. The molecule has 0 radical (unpaired) electrons. The second-order valence-electron chi connectivity index (χ2n) is 5.59. The van der Waals surface area contributed by atoms with Crippen molar-refractivity contribution in [3.63, 3.8) is 0 Å². The van der Waals surface area contributed by atoms with Crippen molar-refractivity contribution >= 4 is 11.6 Å². The monoisotopic (exact) mass is 222 g/mol. The molecule has 3 N–H and O–H groups in total. The first-order valence-corrected chi connectivity index (χ1v) is 5.65. The molecule has 0 amide bonds. The summed E-state index contributed by atoms with van der Waals surface area (Å²) < 4.78 is 0. The molecule has 0 saturated heterocycles. The Bertz CT molecular complexity index is 353. The molecule has 1 aromatic heterocycles. The summed E-state index contributed by atoms with van der Waals surface area (Å²) in [4.78, 5) is 8.29. The lowest BCUT2D eigenvalue weighted by Crippen LogP contribution is -2.21. The standard InChI is InChI=1S/C12H22N4/c1-8(2)9-10(13)15-7-16-11(9)14-6-12(3,4)5/h7-8H,6H2,1-5H3,(H3,13,14,15,16). The smallest absolute Gasteiger partial charge is 0.134 e. The van der Waals surface area contributed by atoms with Crippen LogP contribution in [0.4, 0.5) is 11.6 Å². The number of aromatic nitrogens is 2. The van der Waals surface area contributed by atoms with Gasteiger partial charge in [0.05, 0.1) is 0 Å². The Labute approximate surface area is 97.7 Å². The quantitative estimate of drug-likeness (QED) is 0.825. The number of anilines is 2. The summed E-state index contributed by atoms with van der Waals surface area (Å²) in [5, 5.41) is 3.34. The van der Waals surface area contributed by atoms with Gasteiger partial charge in [-0.2, -0.15) is 0 Å². The average molecular weight is 222 g/mol. The van der Waals surface area contributed by atoms with E-state index in [2.05, 4.69) is 49.9 Å². The van der Waals surface area contributed by atoms with Gasteiger partial charge >= 0.3 is 0 Å². The molecular formula is C12H22N4. The fraction of sp³-hybridized carbons (Fsp3) is 0.667. The number of rotatable bonds is 3. The topological polar surface area (TPSA) is 63.8 Å². The zero-order valence-corrected chi connectivity index (χ0v) is 10.8. The predicted molar refractivity (Wildman–Crippen MR) is 68.5 cm³/mol. The van der Waals surface area contributed by atoms with Crippen LogP contribution in [0.25, 0.3) is 0 Å². The fourth-order valence-corrected chi connectivity index (χ4v) is 1.47. The van der Waals surface area contributed by atoms with E-state index in [4.69, 9.17) is 5.73 Å². The van der Waals surface area contributed by atoms with Crippen LogP contribution in [-0.4, -0.2) is 16.5 Å². The van der Waals surface area contributed by atoms with Crippen LogP contribution in [0.2, 0.25) is 0 Å². The number of nitrogens with zero attached hydrogens (tertiary/aromatic N) is 2. The summed E-state index contributed by atoms with van der Waals surface area (Å²) in [5.74, 6) is 1.75. The van der Waals surface area contributed by atoms with E-state index in [9.17, 15) is 0 Å². The Kier molecular flexibility index (Phi) is 3.73. The van der Waals surface area contributed by atoms with E-state index in [1.807, 2.05) is 0 Å². The van der Waals surface area contributed by atoms with E-state index in [1.54, 1.807) is 0 Å². The molecule has 0 aliphatic carbocycles. The minimum atomic E-state index is 0.216. The molecule has 0 bridgehead atoms. The third-order valence-electron chi connectivity index (χ3n) is 2.28. The van der Waals surface area contributed by atoms with Gasteiger partial charge in [0.15, 0.2) is 0 Å². The van der Waals surface area contributed by atoms with Crippen LogP contribution in [0.15, 0.2) is 6.33 Å². The molecule has 0 spiro atoms. The van der Waals surface area contributed by atoms with E-state index in [0.717, 1.165) is 17.9 Å². The van der Waals surface area contributed by atoms with Crippen LogP contribution < -0.4 is 11.1 Å². The highest BCUT2D eigenvalue weighted by Gasteiger charge is 2.15. The van der Waals surface area contributed by atoms with Gasteiger partial charge in [0, 0.05) is 12.1 Å². The van der Waals surface area contributed by atoms with Crippen LogP contribution in [0.1, 0.15) is 46.1 Å². The van der Waals surface area contributed by atoms with Crippen LogP contribution in [0.3, 0.4) is 0 Å². The second-order valence-corrected chi connectivity index (χ2v) is 5.59. The molecule has 1 heterocycles. The Morgan fingerprint density at radius 2 is 1.94 bits per heavy atom. The molecule has 16 heavy (non-hydrogen) atoms. The highest BCUT2D eigenvalue weighted by Crippen LogP contribution is 2.27. The van der Waals surface area contributed by atoms with Gasteiger partial charge in [-0.25, -0.2) is 9.97 Å². The van der Waals surface area contributed by atoms with Crippen LogP contribution >= 0.6 is 0 Å². The number of hydrogen-bond acceptors (Lipinski definition) is 4. The molecule has 1 aromatic rings. The molecule has 4 nitrogen and oxygen atoms in total. The second kappa shape index (κ2) is 4.68. The van der Waals surface area contributed by atoms with E-state index >= 15 is 0 Å². The van der Waals surface area contributed by atoms with Gasteiger partial charge in [-0.05, 0) is 11.3 Å². The first-order valence-electron chi connectivity index (χ1n) is 5.65. The van der Waals surface area contributed by atoms with Gasteiger partial charge in [-0.3, -0.25) is 0 Å². The van der Waals surface area contributed by atoms with Crippen LogP contribution in [0.5, 0.6) is 0 Å². The lowest BCUT2D eigenvalue weighted by atomic mass is 9.96. The molecule has 0 fully saturated rings. The maximum Gasteiger partial charge on any atom is 0.134 e. The Hall–Kier alpha value is -1.32. The summed E-state index contributed by atoms with van der Waals surface area (Å²) in [5.41, 5.74) is 7.09. The van der Waals surface area contributed by atoms with Gasteiger partial charge < -0.3 is 11.1 Å². The summed E-state index contributed by atoms with van der Waals surface area (Å²) in [6.45, 7) is 11.6. The zero-order chi connectivity index (χ0) is 12.3. The van der Waals surface area contributed by atoms with E-state index in [-0.39, 0.29) is 5.41 Å². The van der Waals surface area contributed by atoms with Crippen molar-refractivity contribution in [2.45, 2.75) is 40.5 Å². The summed E-state index contributed by atoms with van der Waals surface area (Å²) in [6.07, 6.45) is 1.51. The Balaban J connectivity index is 2.91. The maximum atomic E-state index is 5.87. The molecule has 0 aromatic carbocycles. The molecular weight excluding hydrogens is 200 g/mol. The van der Waals surface area contributed by atoms with Crippen molar-refractivity contribution in [3.05, 3.63) is 11.9 Å². The van der Waals surface area contributed by atoms with Gasteiger partial charge in [0.1, 0.15) is 18.0 Å². The average Bonchev–Trinajstić information content (AvgIpc) is 2.12.